The largest absolute Gasteiger partial charge is 0.349 e. The fourth-order valence-electron chi connectivity index (χ4n) is 2.61. The van der Waals surface area contributed by atoms with E-state index in [4.69, 9.17) is 0 Å². The summed E-state index contributed by atoms with van der Waals surface area (Å²) in [5.74, 6) is 1.94. The van der Waals surface area contributed by atoms with Crippen molar-refractivity contribution in [3.05, 3.63) is 29.3 Å². The van der Waals surface area contributed by atoms with E-state index in [1.165, 1.54) is 6.07 Å². The minimum absolute atomic E-state index is 0.0540. The predicted molar refractivity (Wildman–Crippen MR) is 92.3 cm³/mol. The van der Waals surface area contributed by atoms with Crippen LogP contribution in [0.2, 0.25) is 0 Å². The molecule has 1 amide bonds. The van der Waals surface area contributed by atoms with Crippen LogP contribution < -0.4 is 10.0 Å². The molecule has 126 valence electrons. The van der Waals surface area contributed by atoms with E-state index in [0.717, 1.165) is 42.8 Å². The molecular formula is C16H22N2O3S2. The molecule has 1 saturated carbocycles. The number of rotatable bonds is 5. The van der Waals surface area contributed by atoms with Gasteiger partial charge in [0.25, 0.3) is 5.91 Å². The second kappa shape index (κ2) is 6.83. The fraction of sp³-hybridized carbons (Fsp3) is 0.562. The van der Waals surface area contributed by atoms with Crippen molar-refractivity contribution in [2.75, 3.05) is 11.5 Å². The molecule has 2 fully saturated rings. The number of hydrogen-bond acceptors (Lipinski definition) is 4. The first-order chi connectivity index (χ1) is 11.0. The van der Waals surface area contributed by atoms with Crippen LogP contribution >= 0.6 is 11.8 Å². The number of carbonyl (C=O) groups is 1. The van der Waals surface area contributed by atoms with Crippen molar-refractivity contribution in [3.63, 3.8) is 0 Å². The summed E-state index contributed by atoms with van der Waals surface area (Å²) < 4.78 is 27.3. The minimum atomic E-state index is -3.54. The van der Waals surface area contributed by atoms with Crippen molar-refractivity contribution < 1.29 is 13.2 Å². The van der Waals surface area contributed by atoms with Gasteiger partial charge in [0, 0.05) is 17.6 Å². The molecule has 1 aromatic carbocycles. The molecule has 0 bridgehead atoms. The molecule has 7 heteroatoms. The van der Waals surface area contributed by atoms with Crippen LogP contribution in [0.4, 0.5) is 0 Å². The first-order valence-corrected chi connectivity index (χ1v) is 10.6. The van der Waals surface area contributed by atoms with Crippen LogP contribution in [-0.2, 0) is 10.0 Å². The molecule has 1 saturated heterocycles. The zero-order chi connectivity index (χ0) is 16.4. The minimum Gasteiger partial charge on any atom is -0.349 e. The highest BCUT2D eigenvalue weighted by Gasteiger charge is 2.28. The molecule has 0 radical (unpaired) electrons. The molecule has 1 aliphatic heterocycles. The van der Waals surface area contributed by atoms with Gasteiger partial charge in [0.1, 0.15) is 0 Å². The van der Waals surface area contributed by atoms with Crippen LogP contribution in [0, 0.1) is 6.92 Å². The Morgan fingerprint density at radius 2 is 1.83 bits per heavy atom. The smallest absolute Gasteiger partial charge is 0.251 e. The Labute approximate surface area is 141 Å². The van der Waals surface area contributed by atoms with Crippen LogP contribution in [0.5, 0.6) is 0 Å². The van der Waals surface area contributed by atoms with E-state index in [0.29, 0.717) is 5.56 Å². The molecule has 2 N–H and O–H groups in total. The van der Waals surface area contributed by atoms with E-state index in [2.05, 4.69) is 10.0 Å². The van der Waals surface area contributed by atoms with Gasteiger partial charge in [0.15, 0.2) is 0 Å². The highest BCUT2D eigenvalue weighted by molar-refractivity contribution is 7.99. The van der Waals surface area contributed by atoms with E-state index >= 15 is 0 Å². The van der Waals surface area contributed by atoms with Crippen LogP contribution in [0.15, 0.2) is 23.1 Å². The number of hydrogen-bond donors (Lipinski definition) is 2. The van der Waals surface area contributed by atoms with Gasteiger partial charge >= 0.3 is 0 Å². The van der Waals surface area contributed by atoms with Gasteiger partial charge < -0.3 is 5.32 Å². The summed E-state index contributed by atoms with van der Waals surface area (Å²) in [4.78, 5) is 12.7. The first kappa shape index (κ1) is 16.8. The lowest BCUT2D eigenvalue weighted by atomic mass is 10.1. The van der Waals surface area contributed by atoms with Crippen molar-refractivity contribution >= 4 is 27.7 Å². The zero-order valence-electron chi connectivity index (χ0n) is 13.2. The molecule has 2 aliphatic rings. The van der Waals surface area contributed by atoms with Gasteiger partial charge in [-0.3, -0.25) is 4.79 Å². The van der Waals surface area contributed by atoms with E-state index in [9.17, 15) is 13.2 Å². The Balaban J connectivity index is 1.77. The summed E-state index contributed by atoms with van der Waals surface area (Å²) in [7, 11) is -3.54. The number of nitrogens with one attached hydrogen (secondary N) is 2. The van der Waals surface area contributed by atoms with Crippen molar-refractivity contribution in [3.8, 4) is 0 Å². The molecule has 5 nitrogen and oxygen atoms in total. The third kappa shape index (κ3) is 4.28. The van der Waals surface area contributed by atoms with Crippen LogP contribution in [0.1, 0.15) is 41.6 Å². The molecule has 1 heterocycles. The Bertz CT molecular complexity index is 693. The second-order valence-corrected chi connectivity index (χ2v) is 9.17. The monoisotopic (exact) mass is 354 g/mol. The SMILES string of the molecule is Cc1ccc(S(=O)(=O)NC2CC2)cc1C(=O)NC1CCSCC1. The third-order valence-electron chi connectivity index (χ3n) is 4.22. The maximum Gasteiger partial charge on any atom is 0.251 e. The first-order valence-electron chi connectivity index (χ1n) is 7.97. The number of benzene rings is 1. The van der Waals surface area contributed by atoms with Crippen LogP contribution in [0.3, 0.4) is 0 Å². The lowest BCUT2D eigenvalue weighted by Gasteiger charge is -2.23. The topological polar surface area (TPSA) is 75.3 Å². The van der Waals surface area contributed by atoms with Crippen molar-refractivity contribution in [1.29, 1.82) is 0 Å². The third-order valence-corrected chi connectivity index (χ3v) is 6.79. The van der Waals surface area contributed by atoms with Gasteiger partial charge in [0.2, 0.25) is 10.0 Å². The molecule has 0 spiro atoms. The summed E-state index contributed by atoms with van der Waals surface area (Å²) in [6.45, 7) is 1.83. The molecule has 0 aromatic heterocycles. The van der Waals surface area contributed by atoms with Gasteiger partial charge in [-0.15, -0.1) is 0 Å². The zero-order valence-corrected chi connectivity index (χ0v) is 14.8. The molecule has 0 atom stereocenters. The van der Waals surface area contributed by atoms with Gasteiger partial charge in [0.05, 0.1) is 4.90 Å². The highest BCUT2D eigenvalue weighted by Crippen LogP contribution is 2.23. The lowest BCUT2D eigenvalue weighted by molar-refractivity contribution is 0.0934. The summed E-state index contributed by atoms with van der Waals surface area (Å²) in [5, 5.41) is 3.04. The quantitative estimate of drug-likeness (QED) is 0.849. The molecule has 1 aliphatic carbocycles. The summed E-state index contributed by atoms with van der Waals surface area (Å²) in [5.41, 5.74) is 1.24. The normalized spacial score (nSPS) is 19.5. The average Bonchev–Trinajstić information content (AvgIpc) is 3.31. The Morgan fingerprint density at radius 3 is 2.48 bits per heavy atom. The summed E-state index contributed by atoms with van der Waals surface area (Å²) >= 11 is 1.90. The van der Waals surface area contributed by atoms with Gasteiger partial charge in [-0.2, -0.15) is 11.8 Å². The lowest BCUT2D eigenvalue weighted by Crippen LogP contribution is -2.37. The number of amides is 1. The molecule has 23 heavy (non-hydrogen) atoms. The van der Waals surface area contributed by atoms with Crippen molar-refractivity contribution in [2.24, 2.45) is 0 Å². The van der Waals surface area contributed by atoms with Crippen LogP contribution in [0.25, 0.3) is 0 Å². The van der Waals surface area contributed by atoms with E-state index in [1.54, 1.807) is 12.1 Å². The number of thioether (sulfide) groups is 1. The van der Waals surface area contributed by atoms with Crippen molar-refractivity contribution in [1.82, 2.24) is 10.0 Å². The standard InChI is InChI=1S/C16H22N2O3S2/c1-11-2-5-14(23(20,21)18-13-3-4-13)10-15(11)16(19)17-12-6-8-22-9-7-12/h2,5,10,12-13,18H,3-4,6-9H2,1H3,(H,17,19). The highest BCUT2D eigenvalue weighted by atomic mass is 32.2. The van der Waals surface area contributed by atoms with Crippen LogP contribution in [-0.4, -0.2) is 37.9 Å². The summed E-state index contributed by atoms with van der Waals surface area (Å²) in [6.07, 6.45) is 3.71. The number of carbonyl (C=O) groups excluding carboxylic acids is 1. The molecule has 1 aromatic rings. The van der Waals surface area contributed by atoms with E-state index in [-0.39, 0.29) is 22.9 Å². The maximum atomic E-state index is 12.5. The van der Waals surface area contributed by atoms with Crippen molar-refractivity contribution in [2.45, 2.75) is 49.6 Å². The maximum absolute atomic E-state index is 12.5. The number of sulfonamides is 1. The molecule has 3 rings (SSSR count). The Morgan fingerprint density at radius 1 is 1.13 bits per heavy atom. The number of aryl methyl sites for hydroxylation is 1. The van der Waals surface area contributed by atoms with E-state index in [1.807, 2.05) is 18.7 Å². The predicted octanol–water partition coefficient (Wildman–Crippen LogP) is 2.06. The van der Waals surface area contributed by atoms with Gasteiger partial charge in [-0.25, -0.2) is 13.1 Å². The van der Waals surface area contributed by atoms with Gasteiger partial charge in [-0.1, -0.05) is 6.07 Å². The Hall–Kier alpha value is -1.05. The molecule has 0 unspecified atom stereocenters. The Kier molecular flexibility index (Phi) is 4.98. The fourth-order valence-corrected chi connectivity index (χ4v) is 5.04. The second-order valence-electron chi connectivity index (χ2n) is 6.23. The average molecular weight is 354 g/mol. The van der Waals surface area contributed by atoms with Gasteiger partial charge in [-0.05, 0) is 61.8 Å². The van der Waals surface area contributed by atoms with E-state index < -0.39 is 10.0 Å². The molecular weight excluding hydrogens is 332 g/mol. The summed E-state index contributed by atoms with van der Waals surface area (Å²) in [6, 6.07) is 5.00.